The fourth-order valence-corrected chi connectivity index (χ4v) is 6.56. The van der Waals surface area contributed by atoms with Gasteiger partial charge in [-0.1, -0.05) is 41.9 Å². The molecule has 0 atom stereocenters. The van der Waals surface area contributed by atoms with Crippen LogP contribution in [0.1, 0.15) is 36.0 Å². The molecule has 0 saturated carbocycles. The maximum absolute atomic E-state index is 12.8. The molecule has 238 valence electrons. The van der Waals surface area contributed by atoms with Crippen LogP contribution in [0.25, 0.3) is 33.2 Å². The summed E-state index contributed by atoms with van der Waals surface area (Å²) in [6.07, 6.45) is 8.81. The Labute approximate surface area is 274 Å². The van der Waals surface area contributed by atoms with Crippen LogP contribution in [0.2, 0.25) is 5.02 Å². The number of pyridine rings is 2. The summed E-state index contributed by atoms with van der Waals surface area (Å²) in [4.78, 5) is 22.1. The number of rotatable bonds is 6. The molecule has 7 rings (SSSR count). The number of hydrogen-bond donors (Lipinski definition) is 2. The van der Waals surface area contributed by atoms with Gasteiger partial charge < -0.3 is 20.1 Å². The third kappa shape index (κ3) is 6.35. The molecule has 5 aromatic rings. The first-order valence-corrected chi connectivity index (χ1v) is 16.1. The van der Waals surface area contributed by atoms with Gasteiger partial charge in [0.15, 0.2) is 0 Å². The maximum atomic E-state index is 12.8. The highest BCUT2D eigenvalue weighted by atomic mass is 35.5. The van der Waals surface area contributed by atoms with E-state index in [0.717, 1.165) is 71.5 Å². The monoisotopic (exact) mass is 638 g/mol. The summed E-state index contributed by atoms with van der Waals surface area (Å²) in [6, 6.07) is 16.6. The molecule has 0 bridgehead atoms. The van der Waals surface area contributed by atoms with Crippen molar-refractivity contribution >= 4 is 33.9 Å². The first kappa shape index (κ1) is 31.7. The molecule has 2 aromatic carbocycles. The molecule has 4 heterocycles. The molecule has 1 aliphatic carbocycles. The molecule has 0 amide bonds. The SMILES string of the molecule is CNC1CCOCC1.COc1nc(-c2cccc(-c3cccc(Nc4nccc5cnn(C)c(=O)c45)c3C)c2Cl)cc2c1CCC2. The summed E-state index contributed by atoms with van der Waals surface area (Å²) in [6.45, 7) is 3.90. The van der Waals surface area contributed by atoms with Crippen molar-refractivity contribution in [1.82, 2.24) is 25.1 Å². The lowest BCUT2D eigenvalue weighted by atomic mass is 9.96. The maximum Gasteiger partial charge on any atom is 0.278 e. The minimum absolute atomic E-state index is 0.208. The van der Waals surface area contributed by atoms with Crippen molar-refractivity contribution in [2.45, 2.75) is 45.1 Å². The van der Waals surface area contributed by atoms with Crippen molar-refractivity contribution in [3.05, 3.63) is 93.0 Å². The molecule has 0 radical (unpaired) electrons. The zero-order valence-electron chi connectivity index (χ0n) is 26.7. The second kappa shape index (κ2) is 14.0. The number of aryl methyl sites for hydroxylation is 2. The lowest BCUT2D eigenvalue weighted by molar-refractivity contribution is 0.0799. The number of methoxy groups -OCH3 is 1. The largest absolute Gasteiger partial charge is 0.481 e. The van der Waals surface area contributed by atoms with Gasteiger partial charge in [0.25, 0.3) is 5.56 Å². The van der Waals surface area contributed by atoms with E-state index in [1.807, 2.05) is 50.4 Å². The van der Waals surface area contributed by atoms with E-state index in [1.54, 1.807) is 32.6 Å². The zero-order chi connectivity index (χ0) is 32.2. The van der Waals surface area contributed by atoms with Crippen LogP contribution >= 0.6 is 11.6 Å². The summed E-state index contributed by atoms with van der Waals surface area (Å²) in [7, 11) is 5.31. The summed E-state index contributed by atoms with van der Waals surface area (Å²) >= 11 is 7.06. The van der Waals surface area contributed by atoms with Gasteiger partial charge in [-0.05, 0) is 81.0 Å². The zero-order valence-corrected chi connectivity index (χ0v) is 27.4. The highest BCUT2D eigenvalue weighted by Gasteiger charge is 2.21. The van der Waals surface area contributed by atoms with E-state index in [0.29, 0.717) is 28.1 Å². The minimum Gasteiger partial charge on any atom is -0.481 e. The molecule has 10 heteroatoms. The van der Waals surface area contributed by atoms with E-state index in [1.165, 1.54) is 28.7 Å². The van der Waals surface area contributed by atoms with Crippen molar-refractivity contribution in [3.8, 4) is 28.3 Å². The van der Waals surface area contributed by atoms with Crippen LogP contribution < -0.4 is 20.9 Å². The Morgan fingerprint density at radius 3 is 2.57 bits per heavy atom. The normalized spacial score (nSPS) is 14.5. The van der Waals surface area contributed by atoms with Crippen molar-refractivity contribution in [3.63, 3.8) is 0 Å². The quantitative estimate of drug-likeness (QED) is 0.213. The van der Waals surface area contributed by atoms with Gasteiger partial charge in [-0.2, -0.15) is 5.10 Å². The highest BCUT2D eigenvalue weighted by molar-refractivity contribution is 6.36. The topological polar surface area (TPSA) is 103 Å². The Balaban J connectivity index is 0.000000407. The Bertz CT molecular complexity index is 1940. The summed E-state index contributed by atoms with van der Waals surface area (Å²) < 4.78 is 12.1. The minimum atomic E-state index is -0.208. The van der Waals surface area contributed by atoms with Crippen LogP contribution in [-0.2, 0) is 24.6 Å². The molecule has 9 nitrogen and oxygen atoms in total. The Morgan fingerprint density at radius 1 is 1.04 bits per heavy atom. The molecular formula is C36H39ClN6O3. The van der Waals surface area contributed by atoms with E-state index in [2.05, 4.69) is 26.8 Å². The second-order valence-electron chi connectivity index (χ2n) is 11.7. The van der Waals surface area contributed by atoms with Crippen LogP contribution in [0.5, 0.6) is 5.88 Å². The van der Waals surface area contributed by atoms with E-state index in [-0.39, 0.29) is 5.56 Å². The molecule has 2 aliphatic rings. The van der Waals surface area contributed by atoms with Gasteiger partial charge in [0.1, 0.15) is 5.82 Å². The smallest absolute Gasteiger partial charge is 0.278 e. The summed E-state index contributed by atoms with van der Waals surface area (Å²) in [5, 5.41) is 12.6. The van der Waals surface area contributed by atoms with Gasteiger partial charge in [-0.15, -0.1) is 0 Å². The fraction of sp³-hybridized carbons (Fsp3) is 0.333. The number of nitrogens with zero attached hydrogens (tertiary/aromatic N) is 4. The number of hydrogen-bond acceptors (Lipinski definition) is 8. The molecular weight excluding hydrogens is 600 g/mol. The molecule has 0 spiro atoms. The van der Waals surface area contributed by atoms with E-state index < -0.39 is 0 Å². The highest BCUT2D eigenvalue weighted by Crippen LogP contribution is 2.41. The van der Waals surface area contributed by atoms with Crippen molar-refractivity contribution in [2.75, 3.05) is 32.7 Å². The average molecular weight is 639 g/mol. The van der Waals surface area contributed by atoms with E-state index >= 15 is 0 Å². The van der Waals surface area contributed by atoms with Gasteiger partial charge in [0, 0.05) is 60.3 Å². The van der Waals surface area contributed by atoms with Crippen LogP contribution in [0.15, 0.2) is 65.7 Å². The molecule has 2 N–H and O–H groups in total. The van der Waals surface area contributed by atoms with Crippen molar-refractivity contribution in [2.24, 2.45) is 7.05 Å². The molecule has 1 saturated heterocycles. The number of fused-ring (bicyclic) bond motifs is 2. The third-order valence-electron chi connectivity index (χ3n) is 8.89. The number of aromatic nitrogens is 4. The first-order valence-electron chi connectivity index (χ1n) is 15.7. The van der Waals surface area contributed by atoms with Crippen LogP contribution in [-0.4, -0.2) is 53.2 Å². The second-order valence-corrected chi connectivity index (χ2v) is 12.0. The molecule has 1 fully saturated rings. The Hall–Kier alpha value is -4.31. The van der Waals surface area contributed by atoms with Crippen molar-refractivity contribution < 1.29 is 9.47 Å². The standard InChI is InChI=1S/C30H26ClN5O2.C6H13NO/c1-17-20(8-6-12-24(17)34-28-26-19(13-14-32-28)16-33-36(2)30(26)37)22-10-5-11-23(27(22)31)25-15-18-7-4-9-21(18)29(35-25)38-3;1-7-6-2-4-8-5-3-6/h5-6,8,10-16H,4,7,9H2,1-3H3,(H,32,34);6-7H,2-5H2,1H3. The molecule has 0 unspecified atom stereocenters. The van der Waals surface area contributed by atoms with Gasteiger partial charge in [-0.3, -0.25) is 4.79 Å². The summed E-state index contributed by atoms with van der Waals surface area (Å²) in [5.41, 5.74) is 7.64. The lowest BCUT2D eigenvalue weighted by Gasteiger charge is -2.20. The first-order chi connectivity index (χ1) is 22.4. The van der Waals surface area contributed by atoms with Crippen LogP contribution in [0.3, 0.4) is 0 Å². The number of nitrogens with one attached hydrogen (secondary N) is 2. The Kier molecular flexibility index (Phi) is 9.63. The number of ether oxygens (including phenoxy) is 2. The van der Waals surface area contributed by atoms with Gasteiger partial charge >= 0.3 is 0 Å². The lowest BCUT2D eigenvalue weighted by Crippen LogP contribution is -2.31. The number of anilines is 2. The predicted octanol–water partition coefficient (Wildman–Crippen LogP) is 6.65. The average Bonchev–Trinajstić information content (AvgIpc) is 3.57. The van der Waals surface area contributed by atoms with Gasteiger partial charge in [-0.25, -0.2) is 14.6 Å². The third-order valence-corrected chi connectivity index (χ3v) is 9.29. The molecule has 1 aliphatic heterocycles. The molecule has 46 heavy (non-hydrogen) atoms. The van der Waals surface area contributed by atoms with Crippen molar-refractivity contribution in [1.29, 1.82) is 0 Å². The van der Waals surface area contributed by atoms with Crippen LogP contribution in [0.4, 0.5) is 11.5 Å². The number of halogens is 1. The van der Waals surface area contributed by atoms with Gasteiger partial charge in [0.05, 0.1) is 29.4 Å². The van der Waals surface area contributed by atoms with E-state index in [9.17, 15) is 4.79 Å². The fourth-order valence-electron chi connectivity index (χ4n) is 6.23. The predicted molar refractivity (Wildman–Crippen MR) is 184 cm³/mol. The van der Waals surface area contributed by atoms with Gasteiger partial charge in [0.2, 0.25) is 5.88 Å². The van der Waals surface area contributed by atoms with E-state index in [4.69, 9.17) is 26.1 Å². The number of benzene rings is 2. The molecule has 3 aromatic heterocycles. The Morgan fingerprint density at radius 2 is 1.80 bits per heavy atom. The summed E-state index contributed by atoms with van der Waals surface area (Å²) in [5.74, 6) is 1.17. The van der Waals surface area contributed by atoms with Crippen LogP contribution in [0, 0.1) is 6.92 Å².